The van der Waals surface area contributed by atoms with Crippen molar-refractivity contribution < 1.29 is 21.9 Å². The van der Waals surface area contributed by atoms with E-state index in [9.17, 15) is 17.2 Å². The van der Waals surface area contributed by atoms with Crippen LogP contribution in [0, 0.1) is 11.6 Å². The molecule has 0 saturated heterocycles. The molecule has 0 aliphatic carbocycles. The number of anilines is 1. The summed E-state index contributed by atoms with van der Waals surface area (Å²) in [5.41, 5.74) is 0.650. The maximum Gasteiger partial charge on any atom is 0.265 e. The van der Waals surface area contributed by atoms with Crippen LogP contribution in [-0.4, -0.2) is 26.6 Å². The van der Waals surface area contributed by atoms with Gasteiger partial charge < -0.3 is 4.74 Å². The minimum Gasteiger partial charge on any atom is -0.478 e. The second kappa shape index (κ2) is 6.35. The monoisotopic (exact) mass is 354 g/mol. The molecular formula is C16H16F2N2O3S. The highest BCUT2D eigenvalue weighted by Crippen LogP contribution is 2.33. The summed E-state index contributed by atoms with van der Waals surface area (Å²) in [5, 5.41) is 0. The van der Waals surface area contributed by atoms with Gasteiger partial charge in [-0.2, -0.15) is 0 Å². The summed E-state index contributed by atoms with van der Waals surface area (Å²) in [7, 11) is -3.91. The molecule has 0 unspecified atom stereocenters. The Balaban J connectivity index is 2.01. The number of aryl methyl sites for hydroxylation is 1. The van der Waals surface area contributed by atoms with E-state index in [1.54, 1.807) is 6.92 Å². The number of ether oxygens (including phenoxy) is 1. The van der Waals surface area contributed by atoms with Crippen LogP contribution >= 0.6 is 0 Å². The second-order valence-electron chi connectivity index (χ2n) is 5.34. The highest BCUT2D eigenvalue weighted by molar-refractivity contribution is 7.92. The summed E-state index contributed by atoms with van der Waals surface area (Å²) in [6.45, 7) is 2.42. The predicted octanol–water partition coefficient (Wildman–Crippen LogP) is 2.90. The van der Waals surface area contributed by atoms with Crippen molar-refractivity contribution in [3.8, 4) is 5.88 Å². The molecule has 2 heterocycles. The van der Waals surface area contributed by atoms with Crippen LogP contribution < -0.4 is 9.04 Å². The molecule has 8 heteroatoms. The molecular weight excluding hydrogens is 338 g/mol. The first-order valence-electron chi connectivity index (χ1n) is 7.53. The third-order valence-electron chi connectivity index (χ3n) is 3.79. The number of aromatic nitrogens is 1. The summed E-state index contributed by atoms with van der Waals surface area (Å²) in [4.78, 5) is 3.93. The molecule has 0 fully saturated rings. The Morgan fingerprint density at radius 2 is 2.00 bits per heavy atom. The Morgan fingerprint density at radius 1 is 1.25 bits per heavy atom. The van der Waals surface area contributed by atoms with Crippen molar-refractivity contribution in [3.63, 3.8) is 0 Å². The van der Waals surface area contributed by atoms with Gasteiger partial charge in [0.05, 0.1) is 18.5 Å². The molecule has 1 aromatic carbocycles. The first-order chi connectivity index (χ1) is 11.4. The number of fused-ring (bicyclic) bond motifs is 1. The lowest BCUT2D eigenvalue weighted by atomic mass is 10.0. The van der Waals surface area contributed by atoms with Crippen LogP contribution in [0.5, 0.6) is 5.88 Å². The number of benzene rings is 1. The van der Waals surface area contributed by atoms with Crippen molar-refractivity contribution in [3.05, 3.63) is 47.7 Å². The third kappa shape index (κ3) is 2.93. The van der Waals surface area contributed by atoms with Gasteiger partial charge in [-0.25, -0.2) is 22.2 Å². The second-order valence-corrected chi connectivity index (χ2v) is 7.20. The topological polar surface area (TPSA) is 59.5 Å². The molecule has 0 N–H and O–H groups in total. The van der Waals surface area contributed by atoms with E-state index >= 15 is 0 Å². The van der Waals surface area contributed by atoms with E-state index in [0.717, 1.165) is 16.4 Å². The van der Waals surface area contributed by atoms with Crippen molar-refractivity contribution in [1.29, 1.82) is 0 Å². The Morgan fingerprint density at radius 3 is 2.67 bits per heavy atom. The van der Waals surface area contributed by atoms with Gasteiger partial charge in [0.15, 0.2) is 11.6 Å². The molecule has 0 amide bonds. The van der Waals surface area contributed by atoms with Gasteiger partial charge >= 0.3 is 0 Å². The molecule has 0 radical (unpaired) electrons. The van der Waals surface area contributed by atoms with Gasteiger partial charge in [0.2, 0.25) is 5.88 Å². The summed E-state index contributed by atoms with van der Waals surface area (Å²) >= 11 is 0. The Labute approximate surface area is 138 Å². The van der Waals surface area contributed by atoms with E-state index in [1.807, 2.05) is 0 Å². The lowest BCUT2D eigenvalue weighted by molar-refractivity contribution is 0.326. The molecule has 0 saturated carbocycles. The van der Waals surface area contributed by atoms with Crippen LogP contribution in [0.1, 0.15) is 18.9 Å². The van der Waals surface area contributed by atoms with Gasteiger partial charge in [-0.15, -0.1) is 0 Å². The highest BCUT2D eigenvalue weighted by atomic mass is 32.2. The van der Waals surface area contributed by atoms with Gasteiger partial charge in [-0.05, 0) is 37.5 Å². The maximum atomic E-state index is 13.6. The molecule has 128 valence electrons. The van der Waals surface area contributed by atoms with Crippen molar-refractivity contribution in [2.75, 3.05) is 17.5 Å². The normalized spacial score (nSPS) is 14.4. The fourth-order valence-electron chi connectivity index (χ4n) is 2.67. The number of sulfonamides is 1. The Kier molecular flexibility index (Phi) is 4.40. The van der Waals surface area contributed by atoms with Gasteiger partial charge in [-0.3, -0.25) is 4.31 Å². The minimum atomic E-state index is -3.91. The fourth-order valence-corrected chi connectivity index (χ4v) is 4.15. The van der Waals surface area contributed by atoms with Gasteiger partial charge in [-0.1, -0.05) is 0 Å². The number of rotatable bonds is 4. The van der Waals surface area contributed by atoms with Gasteiger partial charge in [0, 0.05) is 18.7 Å². The Bertz CT molecular complexity index is 854. The van der Waals surface area contributed by atoms with Crippen LogP contribution in [0.4, 0.5) is 14.5 Å². The van der Waals surface area contributed by atoms with E-state index in [4.69, 9.17) is 4.74 Å². The van der Waals surface area contributed by atoms with E-state index in [0.29, 0.717) is 30.9 Å². The average Bonchev–Trinajstić information content (AvgIpc) is 2.56. The largest absolute Gasteiger partial charge is 0.478 e. The molecule has 24 heavy (non-hydrogen) atoms. The lowest BCUT2D eigenvalue weighted by Crippen LogP contribution is -2.35. The SMILES string of the molecule is CCOc1ccc(S(=O)(=O)N2CCCc3cc(F)c(F)cc32)cn1. The average molecular weight is 354 g/mol. The molecule has 1 aromatic heterocycles. The van der Waals surface area contributed by atoms with Crippen LogP contribution in [0.2, 0.25) is 0 Å². The standard InChI is InChI=1S/C16H16F2N2O3S/c1-2-23-16-6-5-12(10-19-16)24(21,22)20-7-3-4-11-8-13(17)14(18)9-15(11)20/h5-6,8-10H,2-4,7H2,1H3. The molecule has 0 spiro atoms. The van der Waals surface area contributed by atoms with Gasteiger partial charge in [0.1, 0.15) is 4.90 Å². The first-order valence-corrected chi connectivity index (χ1v) is 8.97. The molecule has 2 aromatic rings. The quantitative estimate of drug-likeness (QED) is 0.847. The van der Waals surface area contributed by atoms with Crippen LogP contribution in [-0.2, 0) is 16.4 Å². The van der Waals surface area contributed by atoms with Crippen molar-refractivity contribution >= 4 is 15.7 Å². The highest BCUT2D eigenvalue weighted by Gasteiger charge is 2.30. The molecule has 3 rings (SSSR count). The minimum absolute atomic E-state index is 0.0245. The number of nitrogens with zero attached hydrogens (tertiary/aromatic N) is 2. The zero-order valence-corrected chi connectivity index (χ0v) is 13.8. The zero-order valence-electron chi connectivity index (χ0n) is 13.0. The van der Waals surface area contributed by atoms with Crippen molar-refractivity contribution in [2.45, 2.75) is 24.7 Å². The smallest absolute Gasteiger partial charge is 0.265 e. The van der Waals surface area contributed by atoms with Gasteiger partial charge in [0.25, 0.3) is 10.0 Å². The molecule has 0 bridgehead atoms. The molecule has 0 atom stereocenters. The number of pyridine rings is 1. The summed E-state index contributed by atoms with van der Waals surface area (Å²) in [6.07, 6.45) is 2.23. The fraction of sp³-hybridized carbons (Fsp3) is 0.312. The third-order valence-corrected chi connectivity index (χ3v) is 5.58. The summed E-state index contributed by atoms with van der Waals surface area (Å²) in [5.74, 6) is -1.72. The first kappa shape index (κ1) is 16.6. The van der Waals surface area contributed by atoms with E-state index < -0.39 is 21.7 Å². The number of hydrogen-bond donors (Lipinski definition) is 0. The Hall–Kier alpha value is -2.22. The van der Waals surface area contributed by atoms with Crippen molar-refractivity contribution in [2.24, 2.45) is 0 Å². The zero-order chi connectivity index (χ0) is 17.3. The van der Waals surface area contributed by atoms with Crippen LogP contribution in [0.25, 0.3) is 0 Å². The predicted molar refractivity (Wildman–Crippen MR) is 84.6 cm³/mol. The maximum absolute atomic E-state index is 13.6. The molecule has 5 nitrogen and oxygen atoms in total. The molecule has 1 aliphatic heterocycles. The number of halogens is 2. The summed E-state index contributed by atoms with van der Waals surface area (Å²) < 4.78 is 59.0. The molecule has 1 aliphatic rings. The number of hydrogen-bond acceptors (Lipinski definition) is 4. The van der Waals surface area contributed by atoms with E-state index in [1.165, 1.54) is 18.3 Å². The van der Waals surface area contributed by atoms with Crippen LogP contribution in [0.3, 0.4) is 0 Å². The van der Waals surface area contributed by atoms with E-state index in [-0.39, 0.29) is 17.1 Å². The lowest BCUT2D eigenvalue weighted by Gasteiger charge is -2.30. The van der Waals surface area contributed by atoms with E-state index in [2.05, 4.69) is 4.98 Å². The van der Waals surface area contributed by atoms with Crippen molar-refractivity contribution in [1.82, 2.24) is 4.98 Å². The summed E-state index contributed by atoms with van der Waals surface area (Å²) in [6, 6.07) is 4.85. The van der Waals surface area contributed by atoms with Crippen LogP contribution in [0.15, 0.2) is 35.4 Å².